The maximum atomic E-state index is 13.2. The molecule has 4 nitrogen and oxygen atoms in total. The van der Waals surface area contributed by atoms with Crippen LogP contribution >= 0.6 is 11.6 Å². The van der Waals surface area contributed by atoms with Crippen molar-refractivity contribution in [2.45, 2.75) is 19.8 Å². The largest absolute Gasteiger partial charge is 0.334 e. The summed E-state index contributed by atoms with van der Waals surface area (Å²) >= 11 is 5.86. The maximum Gasteiger partial charge on any atom is 0.334 e. The number of hydrogen-bond donors (Lipinski definition) is 1. The Morgan fingerprint density at radius 1 is 1.37 bits per heavy atom. The fraction of sp³-hybridized carbons (Fsp3) is 0.231. The number of hydrogen-bond acceptors (Lipinski definition) is 2. The highest BCUT2D eigenvalue weighted by molar-refractivity contribution is 6.30. The van der Waals surface area contributed by atoms with Gasteiger partial charge in [-0.25, -0.2) is 13.8 Å². The molecule has 1 N–H and O–H groups in total. The van der Waals surface area contributed by atoms with Gasteiger partial charge in [0.1, 0.15) is 11.0 Å². The van der Waals surface area contributed by atoms with Crippen molar-refractivity contribution < 1.29 is 4.39 Å². The van der Waals surface area contributed by atoms with Crippen LogP contribution in [0.4, 0.5) is 4.39 Å². The van der Waals surface area contributed by atoms with Gasteiger partial charge in [-0.3, -0.25) is 9.78 Å². The summed E-state index contributed by atoms with van der Waals surface area (Å²) in [4.78, 5) is 26.5. The molecule has 0 aliphatic rings. The van der Waals surface area contributed by atoms with Crippen LogP contribution in [0.1, 0.15) is 18.9 Å². The van der Waals surface area contributed by atoms with Crippen molar-refractivity contribution >= 4 is 11.6 Å². The third kappa shape index (κ3) is 2.61. The Bertz CT molecular complexity index is 721. The highest BCUT2D eigenvalue weighted by Crippen LogP contribution is 2.11. The number of rotatable bonds is 3. The Hall–Kier alpha value is -1.88. The normalized spacial score (nSPS) is 10.7. The number of H-pyrrole nitrogens is 1. The molecule has 1 aromatic heterocycles. The number of halogens is 2. The van der Waals surface area contributed by atoms with Crippen LogP contribution in [0.5, 0.6) is 0 Å². The average molecular weight is 283 g/mol. The van der Waals surface area contributed by atoms with E-state index in [1.807, 2.05) is 6.92 Å². The lowest BCUT2D eigenvalue weighted by atomic mass is 10.2. The van der Waals surface area contributed by atoms with E-state index >= 15 is 0 Å². The number of aromatic nitrogens is 2. The van der Waals surface area contributed by atoms with Crippen LogP contribution in [0.15, 0.2) is 33.9 Å². The molecule has 100 valence electrons. The van der Waals surface area contributed by atoms with Gasteiger partial charge < -0.3 is 0 Å². The summed E-state index contributed by atoms with van der Waals surface area (Å²) in [5.41, 5.74) is -0.685. The van der Waals surface area contributed by atoms with Gasteiger partial charge in [0.2, 0.25) is 0 Å². The second-order valence-electron chi connectivity index (χ2n) is 4.09. The van der Waals surface area contributed by atoms with Crippen molar-refractivity contribution in [3.8, 4) is 5.69 Å². The maximum absolute atomic E-state index is 13.2. The Labute approximate surface area is 113 Å². The van der Waals surface area contributed by atoms with Crippen LogP contribution in [0.2, 0.25) is 5.15 Å². The monoisotopic (exact) mass is 282 g/mol. The molecule has 1 aromatic carbocycles. The Kier molecular flexibility index (Phi) is 3.85. The van der Waals surface area contributed by atoms with Crippen molar-refractivity contribution in [2.24, 2.45) is 0 Å². The van der Waals surface area contributed by atoms with Crippen molar-refractivity contribution in [3.63, 3.8) is 0 Å². The molecule has 0 saturated carbocycles. The van der Waals surface area contributed by atoms with E-state index in [2.05, 4.69) is 4.98 Å². The minimum Gasteiger partial charge on any atom is -0.297 e. The summed E-state index contributed by atoms with van der Waals surface area (Å²) in [5, 5.41) is 0.0458. The molecule has 0 aliphatic carbocycles. The van der Waals surface area contributed by atoms with E-state index in [4.69, 9.17) is 11.6 Å². The van der Waals surface area contributed by atoms with Crippen LogP contribution in [0.3, 0.4) is 0 Å². The lowest BCUT2D eigenvalue weighted by Gasteiger charge is -2.08. The van der Waals surface area contributed by atoms with E-state index < -0.39 is 17.1 Å². The molecule has 0 amide bonds. The van der Waals surface area contributed by atoms with Crippen LogP contribution in [0.25, 0.3) is 5.69 Å². The first-order valence-corrected chi connectivity index (χ1v) is 6.22. The van der Waals surface area contributed by atoms with E-state index in [9.17, 15) is 14.0 Å². The lowest BCUT2D eigenvalue weighted by molar-refractivity contribution is 0.625. The SMILES string of the molecule is CCCc1c(Cl)[nH]c(=O)n(-c2cccc(F)c2)c1=O. The van der Waals surface area contributed by atoms with Gasteiger partial charge in [0.25, 0.3) is 5.56 Å². The lowest BCUT2D eigenvalue weighted by Crippen LogP contribution is -2.36. The van der Waals surface area contributed by atoms with Crippen molar-refractivity contribution in [3.05, 3.63) is 61.6 Å². The van der Waals surface area contributed by atoms with Gasteiger partial charge in [-0.05, 0) is 24.6 Å². The molecule has 0 fully saturated rings. The predicted molar refractivity (Wildman–Crippen MR) is 71.6 cm³/mol. The number of aromatic amines is 1. The van der Waals surface area contributed by atoms with Gasteiger partial charge in [-0.2, -0.15) is 0 Å². The third-order valence-electron chi connectivity index (χ3n) is 2.71. The highest BCUT2D eigenvalue weighted by Gasteiger charge is 2.13. The molecule has 1 heterocycles. The minimum absolute atomic E-state index is 0.0458. The zero-order valence-electron chi connectivity index (χ0n) is 10.2. The topological polar surface area (TPSA) is 54.9 Å². The average Bonchev–Trinajstić information content (AvgIpc) is 2.34. The molecule has 2 aromatic rings. The first-order chi connectivity index (χ1) is 9.04. The molecule has 19 heavy (non-hydrogen) atoms. The summed E-state index contributed by atoms with van der Waals surface area (Å²) in [7, 11) is 0. The van der Waals surface area contributed by atoms with Crippen LogP contribution in [-0.2, 0) is 6.42 Å². The van der Waals surface area contributed by atoms with Crippen molar-refractivity contribution in [1.82, 2.24) is 9.55 Å². The predicted octanol–water partition coefficient (Wildman–Crippen LogP) is 2.27. The molecule has 0 atom stereocenters. The van der Waals surface area contributed by atoms with E-state index in [0.29, 0.717) is 18.4 Å². The van der Waals surface area contributed by atoms with Crippen LogP contribution in [-0.4, -0.2) is 9.55 Å². The molecule has 0 aliphatic heterocycles. The smallest absolute Gasteiger partial charge is 0.297 e. The molecule has 0 unspecified atom stereocenters. The summed E-state index contributed by atoms with van der Waals surface area (Å²) < 4.78 is 14.1. The number of nitrogens with zero attached hydrogens (tertiary/aromatic N) is 1. The molecule has 0 bridgehead atoms. The Morgan fingerprint density at radius 3 is 2.74 bits per heavy atom. The molecule has 6 heteroatoms. The fourth-order valence-corrected chi connectivity index (χ4v) is 2.12. The molecule has 2 rings (SSSR count). The van der Waals surface area contributed by atoms with Crippen molar-refractivity contribution in [1.29, 1.82) is 0 Å². The first kappa shape index (κ1) is 13.5. The molecular weight excluding hydrogens is 271 g/mol. The quantitative estimate of drug-likeness (QED) is 0.878. The summed E-state index contributed by atoms with van der Waals surface area (Å²) in [6, 6.07) is 5.29. The molecule has 0 spiro atoms. The van der Waals surface area contributed by atoms with E-state index in [-0.39, 0.29) is 10.8 Å². The second kappa shape index (κ2) is 5.40. The zero-order valence-corrected chi connectivity index (χ0v) is 11.0. The molecular formula is C13H12ClFN2O2. The van der Waals surface area contributed by atoms with Gasteiger partial charge >= 0.3 is 5.69 Å². The summed E-state index contributed by atoms with van der Waals surface area (Å²) in [5.74, 6) is -0.518. The summed E-state index contributed by atoms with van der Waals surface area (Å²) in [6.07, 6.45) is 1.16. The minimum atomic E-state index is -0.680. The first-order valence-electron chi connectivity index (χ1n) is 5.84. The Morgan fingerprint density at radius 2 is 2.11 bits per heavy atom. The highest BCUT2D eigenvalue weighted by atomic mass is 35.5. The van der Waals surface area contributed by atoms with Gasteiger partial charge in [0.15, 0.2) is 0 Å². The molecule has 0 radical (unpaired) electrons. The van der Waals surface area contributed by atoms with Crippen LogP contribution in [0, 0.1) is 5.82 Å². The zero-order chi connectivity index (χ0) is 14.0. The second-order valence-corrected chi connectivity index (χ2v) is 4.47. The standard InChI is InChI=1S/C13H12ClFN2O2/c1-2-4-10-11(14)16-13(19)17(12(10)18)9-6-3-5-8(15)7-9/h3,5-7H,2,4H2,1H3,(H,16,19). The van der Waals surface area contributed by atoms with Crippen LogP contribution < -0.4 is 11.2 Å². The van der Waals surface area contributed by atoms with Crippen molar-refractivity contribution in [2.75, 3.05) is 0 Å². The van der Waals surface area contributed by atoms with Gasteiger partial charge in [0, 0.05) is 0 Å². The number of nitrogens with one attached hydrogen (secondary N) is 1. The number of benzene rings is 1. The van der Waals surface area contributed by atoms with Gasteiger partial charge in [0.05, 0.1) is 11.3 Å². The van der Waals surface area contributed by atoms with E-state index in [1.54, 1.807) is 0 Å². The van der Waals surface area contributed by atoms with E-state index in [0.717, 1.165) is 10.6 Å². The van der Waals surface area contributed by atoms with Gasteiger partial charge in [-0.1, -0.05) is 31.0 Å². The fourth-order valence-electron chi connectivity index (χ4n) is 1.86. The van der Waals surface area contributed by atoms with E-state index in [1.165, 1.54) is 18.2 Å². The molecule has 0 saturated heterocycles. The van der Waals surface area contributed by atoms with Gasteiger partial charge in [-0.15, -0.1) is 0 Å². The third-order valence-corrected chi connectivity index (χ3v) is 3.03. The summed E-state index contributed by atoms with van der Waals surface area (Å²) in [6.45, 7) is 1.90. The Balaban J connectivity index is 2.74.